The lowest BCUT2D eigenvalue weighted by atomic mass is 9.64. The van der Waals surface area contributed by atoms with Crippen LogP contribution in [0.3, 0.4) is 0 Å². The van der Waals surface area contributed by atoms with Crippen LogP contribution in [0.4, 0.5) is 5.82 Å². The summed E-state index contributed by atoms with van der Waals surface area (Å²) in [5.41, 5.74) is 1.24. The molecular weight excluding hydrogens is 458 g/mol. The van der Waals surface area contributed by atoms with Crippen LogP contribution in [0, 0.1) is 11.3 Å². The fraction of sp³-hybridized carbons (Fsp3) is 0.536. The van der Waals surface area contributed by atoms with Gasteiger partial charge in [-0.1, -0.05) is 12.1 Å². The van der Waals surface area contributed by atoms with Crippen molar-refractivity contribution in [2.24, 2.45) is 11.3 Å². The molecule has 0 aliphatic carbocycles. The van der Waals surface area contributed by atoms with Crippen molar-refractivity contribution < 1.29 is 23.8 Å². The van der Waals surface area contributed by atoms with Gasteiger partial charge < -0.3 is 24.4 Å². The molecule has 36 heavy (non-hydrogen) atoms. The smallest absolute Gasteiger partial charge is 0.255 e. The number of carbonyl (C=O) groups excluding carboxylic acids is 2. The van der Waals surface area contributed by atoms with Crippen molar-refractivity contribution in [1.29, 1.82) is 0 Å². The Balaban J connectivity index is 1.27. The van der Waals surface area contributed by atoms with Crippen LogP contribution in [0.2, 0.25) is 0 Å². The number of carbonyl (C=O) groups is 2. The number of hydrogen-bond acceptors (Lipinski definition) is 6. The van der Waals surface area contributed by atoms with E-state index in [1.807, 2.05) is 24.0 Å². The van der Waals surface area contributed by atoms with E-state index in [4.69, 9.17) is 14.2 Å². The van der Waals surface area contributed by atoms with Crippen LogP contribution in [-0.2, 0) is 9.53 Å². The van der Waals surface area contributed by atoms with Crippen LogP contribution < -0.4 is 14.8 Å². The van der Waals surface area contributed by atoms with Gasteiger partial charge in [0.05, 0.1) is 24.9 Å². The SMILES string of the molecule is CCOc1cccc2c1OC(C)(C)[C@H]1CC3(CCN(C(=O)c4ccc(NC(C)=O)nc4)CC3)CO[C@H]21. The van der Waals surface area contributed by atoms with Crippen molar-refractivity contribution in [2.45, 2.75) is 58.7 Å². The number of nitrogens with zero attached hydrogens (tertiary/aromatic N) is 2. The zero-order valence-corrected chi connectivity index (χ0v) is 21.5. The van der Waals surface area contributed by atoms with E-state index >= 15 is 0 Å². The molecule has 1 aromatic heterocycles. The molecular formula is C28H35N3O5. The van der Waals surface area contributed by atoms with Crippen LogP contribution in [0.5, 0.6) is 11.5 Å². The molecule has 3 aliphatic heterocycles. The molecule has 0 saturated carbocycles. The number of nitrogens with one attached hydrogen (secondary N) is 1. The number of hydrogen-bond donors (Lipinski definition) is 1. The van der Waals surface area contributed by atoms with Gasteiger partial charge in [0.15, 0.2) is 11.5 Å². The summed E-state index contributed by atoms with van der Waals surface area (Å²) in [6.45, 7) is 10.3. The zero-order chi connectivity index (χ0) is 25.5. The number of piperidine rings is 1. The lowest BCUT2D eigenvalue weighted by Gasteiger charge is -2.54. The third kappa shape index (κ3) is 4.54. The van der Waals surface area contributed by atoms with E-state index in [0.29, 0.717) is 37.7 Å². The Morgan fingerprint density at radius 3 is 2.64 bits per heavy atom. The van der Waals surface area contributed by atoms with Crippen molar-refractivity contribution in [2.75, 3.05) is 31.6 Å². The molecule has 2 aromatic rings. The summed E-state index contributed by atoms with van der Waals surface area (Å²) in [5.74, 6) is 2.02. The average molecular weight is 494 g/mol. The van der Waals surface area contributed by atoms with Gasteiger partial charge in [0.1, 0.15) is 11.4 Å². The predicted molar refractivity (Wildman–Crippen MR) is 135 cm³/mol. The van der Waals surface area contributed by atoms with Gasteiger partial charge in [-0.2, -0.15) is 0 Å². The minimum absolute atomic E-state index is 0.0253. The molecule has 2 amide bonds. The van der Waals surface area contributed by atoms with Crippen molar-refractivity contribution >= 4 is 17.6 Å². The Hall–Kier alpha value is -3.13. The molecule has 1 aromatic carbocycles. The van der Waals surface area contributed by atoms with Gasteiger partial charge in [-0.15, -0.1) is 0 Å². The molecule has 8 heteroatoms. The molecule has 0 bridgehead atoms. The highest BCUT2D eigenvalue weighted by molar-refractivity contribution is 5.94. The Labute approximate surface area is 212 Å². The van der Waals surface area contributed by atoms with Crippen LogP contribution in [0.15, 0.2) is 36.5 Å². The number of amides is 2. The van der Waals surface area contributed by atoms with Crippen molar-refractivity contribution in [3.8, 4) is 11.5 Å². The van der Waals surface area contributed by atoms with Gasteiger partial charge in [0.2, 0.25) is 5.91 Å². The van der Waals surface area contributed by atoms with E-state index in [9.17, 15) is 9.59 Å². The molecule has 5 rings (SSSR count). The molecule has 192 valence electrons. The molecule has 2 atom stereocenters. The standard InChI is InChI=1S/C28H35N3O5/c1-5-34-22-8-6-7-20-24-21(27(3,4)36-25(20)22)15-28(17-35-24)11-13-31(14-12-28)26(33)19-9-10-23(29-16-19)30-18(2)32/h6-10,16,21,24H,5,11-15,17H2,1-4H3,(H,29,30,32)/t21-,24+/m0/s1. The maximum absolute atomic E-state index is 13.1. The van der Waals surface area contributed by atoms with Crippen LogP contribution in [0.1, 0.15) is 69.0 Å². The van der Waals surface area contributed by atoms with E-state index in [1.54, 1.807) is 12.1 Å². The fourth-order valence-electron chi connectivity index (χ4n) is 5.90. The van der Waals surface area contributed by atoms with E-state index < -0.39 is 5.60 Å². The third-order valence-corrected chi connectivity index (χ3v) is 7.89. The number of benzene rings is 1. The molecule has 4 heterocycles. The van der Waals surface area contributed by atoms with Crippen LogP contribution in [0.25, 0.3) is 0 Å². The molecule has 0 radical (unpaired) electrons. The maximum atomic E-state index is 13.1. The Morgan fingerprint density at radius 2 is 1.97 bits per heavy atom. The summed E-state index contributed by atoms with van der Waals surface area (Å²) in [6, 6.07) is 9.44. The minimum Gasteiger partial charge on any atom is -0.490 e. The normalized spacial score (nSPS) is 23.7. The van der Waals surface area contributed by atoms with E-state index in [2.05, 4.69) is 30.2 Å². The van der Waals surface area contributed by atoms with Crippen molar-refractivity contribution in [3.63, 3.8) is 0 Å². The Morgan fingerprint density at radius 1 is 1.19 bits per heavy atom. The number of pyridine rings is 1. The van der Waals surface area contributed by atoms with Crippen molar-refractivity contribution in [3.05, 3.63) is 47.7 Å². The predicted octanol–water partition coefficient (Wildman–Crippen LogP) is 4.61. The lowest BCUT2D eigenvalue weighted by molar-refractivity contribution is -0.173. The quantitative estimate of drug-likeness (QED) is 0.669. The summed E-state index contributed by atoms with van der Waals surface area (Å²) >= 11 is 0. The highest BCUT2D eigenvalue weighted by Gasteiger charge is 2.53. The number of aromatic nitrogens is 1. The lowest BCUT2D eigenvalue weighted by Crippen LogP contribution is -2.54. The molecule has 8 nitrogen and oxygen atoms in total. The van der Waals surface area contributed by atoms with Crippen LogP contribution in [-0.4, -0.2) is 53.6 Å². The minimum atomic E-state index is -0.396. The molecule has 0 unspecified atom stereocenters. The van der Waals surface area contributed by atoms with Gasteiger partial charge in [0, 0.05) is 37.7 Å². The first-order chi connectivity index (χ1) is 17.2. The topological polar surface area (TPSA) is 90.0 Å². The van der Waals surface area contributed by atoms with Gasteiger partial charge in [-0.05, 0) is 63.6 Å². The molecule has 1 spiro atoms. The summed E-state index contributed by atoms with van der Waals surface area (Å²) in [4.78, 5) is 30.4. The molecule has 2 fully saturated rings. The highest BCUT2D eigenvalue weighted by atomic mass is 16.5. The number of rotatable bonds is 4. The number of anilines is 1. The zero-order valence-electron chi connectivity index (χ0n) is 21.5. The molecule has 2 saturated heterocycles. The molecule has 1 N–H and O–H groups in total. The van der Waals surface area contributed by atoms with Gasteiger partial charge in [0.25, 0.3) is 5.91 Å². The number of para-hydroxylation sites is 1. The van der Waals surface area contributed by atoms with E-state index in [0.717, 1.165) is 36.3 Å². The highest BCUT2D eigenvalue weighted by Crippen LogP contribution is 2.57. The van der Waals surface area contributed by atoms with E-state index in [-0.39, 0.29) is 29.3 Å². The van der Waals surface area contributed by atoms with Crippen LogP contribution >= 0.6 is 0 Å². The second-order valence-corrected chi connectivity index (χ2v) is 10.8. The van der Waals surface area contributed by atoms with Crippen molar-refractivity contribution in [1.82, 2.24) is 9.88 Å². The van der Waals surface area contributed by atoms with Gasteiger partial charge in [-0.25, -0.2) is 4.98 Å². The Kier molecular flexibility index (Phi) is 6.41. The first-order valence-electron chi connectivity index (χ1n) is 12.8. The fourth-order valence-corrected chi connectivity index (χ4v) is 5.90. The third-order valence-electron chi connectivity index (χ3n) is 7.89. The second kappa shape index (κ2) is 9.39. The second-order valence-electron chi connectivity index (χ2n) is 10.8. The van der Waals surface area contributed by atoms with Gasteiger partial charge in [-0.3, -0.25) is 9.59 Å². The first-order valence-corrected chi connectivity index (χ1v) is 12.8. The summed E-state index contributed by atoms with van der Waals surface area (Å²) in [7, 11) is 0. The summed E-state index contributed by atoms with van der Waals surface area (Å²) < 4.78 is 19.0. The number of likely N-dealkylation sites (tertiary alicyclic amines) is 1. The summed E-state index contributed by atoms with van der Waals surface area (Å²) in [5, 5.41) is 2.63. The largest absolute Gasteiger partial charge is 0.490 e. The first kappa shape index (κ1) is 24.6. The maximum Gasteiger partial charge on any atom is 0.255 e. The van der Waals surface area contributed by atoms with Gasteiger partial charge >= 0.3 is 0 Å². The number of ether oxygens (including phenoxy) is 3. The van der Waals surface area contributed by atoms with E-state index in [1.165, 1.54) is 13.1 Å². The Bertz CT molecular complexity index is 1140. The average Bonchev–Trinajstić information content (AvgIpc) is 2.85. The summed E-state index contributed by atoms with van der Waals surface area (Å²) in [6.07, 6.45) is 4.28. The monoisotopic (exact) mass is 493 g/mol. The molecule has 3 aliphatic rings. The number of fused-ring (bicyclic) bond motifs is 3.